The van der Waals surface area contributed by atoms with Crippen LogP contribution in [-0.2, 0) is 19.2 Å². The van der Waals surface area contributed by atoms with Gasteiger partial charge in [0.25, 0.3) is 0 Å². The van der Waals surface area contributed by atoms with Crippen LogP contribution in [0.4, 0.5) is 0 Å². The average molecular weight is 527 g/mol. The van der Waals surface area contributed by atoms with Gasteiger partial charge in [-0.3, -0.25) is 24.4 Å². The van der Waals surface area contributed by atoms with Crippen molar-refractivity contribution in [3.63, 3.8) is 0 Å². The molecule has 4 unspecified atom stereocenters. The summed E-state index contributed by atoms with van der Waals surface area (Å²) < 4.78 is 0. The van der Waals surface area contributed by atoms with Crippen molar-refractivity contribution in [3.05, 3.63) is 0 Å². The second kappa shape index (κ2) is 16.2. The molecule has 0 saturated carbocycles. The zero-order chi connectivity index (χ0) is 28.0. The van der Waals surface area contributed by atoms with Crippen molar-refractivity contribution in [1.29, 1.82) is 0 Å². The van der Waals surface area contributed by atoms with Gasteiger partial charge in [-0.05, 0) is 51.0 Å². The number of nitrogens with zero attached hydrogens (tertiary/aromatic N) is 2. The van der Waals surface area contributed by atoms with Gasteiger partial charge in [0.05, 0.1) is 6.04 Å². The van der Waals surface area contributed by atoms with E-state index in [4.69, 9.17) is 22.9 Å². The van der Waals surface area contributed by atoms with Gasteiger partial charge in [0, 0.05) is 13.1 Å². The van der Waals surface area contributed by atoms with Crippen LogP contribution < -0.4 is 44.2 Å². The predicted octanol–water partition coefficient (Wildman–Crippen LogP) is -2.96. The number of aliphatic carboxylic acids is 1. The Bertz CT molecular complexity index is 834. The van der Waals surface area contributed by atoms with Gasteiger partial charge in [-0.15, -0.1) is 0 Å². The summed E-state index contributed by atoms with van der Waals surface area (Å²) in [5, 5.41) is 20.5. The third kappa shape index (κ3) is 12.3. The Balaban J connectivity index is 2.92. The van der Waals surface area contributed by atoms with Gasteiger partial charge in [-0.1, -0.05) is 13.8 Å². The van der Waals surface area contributed by atoms with Gasteiger partial charge in [0.1, 0.15) is 18.1 Å². The first-order chi connectivity index (χ1) is 17.4. The third-order valence-corrected chi connectivity index (χ3v) is 5.76. The van der Waals surface area contributed by atoms with Crippen LogP contribution in [0.1, 0.15) is 52.4 Å². The fourth-order valence-electron chi connectivity index (χ4n) is 3.76. The summed E-state index contributed by atoms with van der Waals surface area (Å²) in [6.45, 7) is 4.69. The van der Waals surface area contributed by atoms with Gasteiger partial charge in [-0.25, -0.2) is 4.79 Å². The Hall–Kier alpha value is -3.62. The highest BCUT2D eigenvalue weighted by molar-refractivity contribution is 5.94. The van der Waals surface area contributed by atoms with Crippen LogP contribution in [-0.4, -0.2) is 84.5 Å². The lowest BCUT2D eigenvalue weighted by Gasteiger charge is -2.27. The van der Waals surface area contributed by atoms with Crippen molar-refractivity contribution in [2.45, 2.75) is 76.5 Å². The molecule has 1 aliphatic rings. The molecule has 0 spiro atoms. The number of amides is 3. The molecule has 0 aromatic carbocycles. The molecule has 0 bridgehead atoms. The van der Waals surface area contributed by atoms with Crippen molar-refractivity contribution >= 4 is 35.6 Å². The van der Waals surface area contributed by atoms with E-state index < -0.39 is 35.9 Å². The number of hydrogen-bond donors (Lipinski definition) is 9. The molecule has 15 heteroatoms. The third-order valence-electron chi connectivity index (χ3n) is 5.76. The van der Waals surface area contributed by atoms with Crippen LogP contribution in [0.2, 0.25) is 0 Å². The fourth-order valence-corrected chi connectivity index (χ4v) is 3.76. The molecular weight excluding hydrogens is 484 g/mol. The quantitative estimate of drug-likeness (QED) is 0.0560. The van der Waals surface area contributed by atoms with Crippen LogP contribution in [0.5, 0.6) is 0 Å². The summed E-state index contributed by atoms with van der Waals surface area (Å²) in [6, 6.07) is -3.56. The number of aliphatic imine (C=N–C) groups is 2. The molecule has 13 N–H and O–H groups in total. The van der Waals surface area contributed by atoms with E-state index in [0.717, 1.165) is 13.0 Å². The van der Waals surface area contributed by atoms with E-state index in [0.29, 0.717) is 19.3 Å². The molecule has 1 saturated heterocycles. The number of carbonyl (C=O) groups excluding carboxylic acids is 3. The standard InChI is InChI=1S/C22H42N10O5/c1-12(2)16(32-17(33)13-6-3-9-27-13)19(35)30-14(7-4-10-28-21(23)24)18(34)31-15(20(36)37)8-5-11-29-22(25)26/h12-16,27H,3-11H2,1-2H3,(H,30,35)(H,31,34)(H,32,33)(H,36,37)(H4,23,24,28)(H4,25,26,29). The molecule has 210 valence electrons. The number of carboxylic acids is 1. The van der Waals surface area contributed by atoms with E-state index in [1.807, 2.05) is 0 Å². The summed E-state index contributed by atoms with van der Waals surface area (Å²) in [6.07, 6.45) is 2.40. The minimum absolute atomic E-state index is 0.0750. The van der Waals surface area contributed by atoms with Gasteiger partial charge in [0.15, 0.2) is 11.9 Å². The lowest BCUT2D eigenvalue weighted by atomic mass is 10.0. The fraction of sp³-hybridized carbons (Fsp3) is 0.727. The van der Waals surface area contributed by atoms with E-state index in [9.17, 15) is 24.3 Å². The van der Waals surface area contributed by atoms with Crippen LogP contribution in [0, 0.1) is 5.92 Å². The van der Waals surface area contributed by atoms with Crippen molar-refractivity contribution < 1.29 is 24.3 Å². The number of nitrogens with one attached hydrogen (secondary N) is 4. The van der Waals surface area contributed by atoms with Crippen molar-refractivity contribution in [1.82, 2.24) is 21.3 Å². The minimum Gasteiger partial charge on any atom is -0.480 e. The molecule has 0 aromatic rings. The van der Waals surface area contributed by atoms with E-state index in [2.05, 4.69) is 31.3 Å². The maximum atomic E-state index is 13.1. The Morgan fingerprint density at radius 3 is 1.89 bits per heavy atom. The van der Waals surface area contributed by atoms with Crippen LogP contribution in [0.15, 0.2) is 9.98 Å². The Morgan fingerprint density at radius 1 is 0.892 bits per heavy atom. The molecule has 1 aliphatic heterocycles. The number of hydrogen-bond acceptors (Lipinski definition) is 7. The largest absolute Gasteiger partial charge is 0.480 e. The maximum Gasteiger partial charge on any atom is 0.326 e. The molecule has 0 radical (unpaired) electrons. The first kappa shape index (κ1) is 31.4. The van der Waals surface area contributed by atoms with E-state index in [1.54, 1.807) is 13.8 Å². The molecule has 1 fully saturated rings. The SMILES string of the molecule is CC(C)C(NC(=O)C1CCCN1)C(=O)NC(CCCN=C(N)N)C(=O)NC(CCCN=C(N)N)C(=O)O. The van der Waals surface area contributed by atoms with Crippen LogP contribution in [0.25, 0.3) is 0 Å². The number of guanidine groups is 2. The summed E-state index contributed by atoms with van der Waals surface area (Å²) in [4.78, 5) is 58.1. The lowest BCUT2D eigenvalue weighted by molar-refractivity contribution is -0.142. The van der Waals surface area contributed by atoms with Crippen molar-refractivity contribution in [2.75, 3.05) is 19.6 Å². The summed E-state index contributed by atoms with van der Waals surface area (Å²) in [5.74, 6) is -3.25. The maximum absolute atomic E-state index is 13.1. The highest BCUT2D eigenvalue weighted by Crippen LogP contribution is 2.10. The summed E-state index contributed by atoms with van der Waals surface area (Å²) in [5.41, 5.74) is 21.2. The smallest absolute Gasteiger partial charge is 0.326 e. The first-order valence-electron chi connectivity index (χ1n) is 12.4. The summed E-state index contributed by atoms with van der Waals surface area (Å²) in [7, 11) is 0. The molecule has 1 heterocycles. The van der Waals surface area contributed by atoms with Crippen LogP contribution >= 0.6 is 0 Å². The first-order valence-corrected chi connectivity index (χ1v) is 12.4. The average Bonchev–Trinajstić information content (AvgIpc) is 3.35. The monoisotopic (exact) mass is 526 g/mol. The summed E-state index contributed by atoms with van der Waals surface area (Å²) >= 11 is 0. The van der Waals surface area contributed by atoms with E-state index in [-0.39, 0.29) is 55.7 Å². The molecule has 0 aliphatic carbocycles. The minimum atomic E-state index is -1.24. The second-order valence-electron chi connectivity index (χ2n) is 9.24. The van der Waals surface area contributed by atoms with Crippen LogP contribution in [0.3, 0.4) is 0 Å². The van der Waals surface area contributed by atoms with Gasteiger partial charge in [0.2, 0.25) is 17.7 Å². The Labute approximate surface area is 216 Å². The number of rotatable bonds is 16. The Morgan fingerprint density at radius 2 is 1.43 bits per heavy atom. The lowest BCUT2D eigenvalue weighted by Crippen LogP contribution is -2.58. The molecular formula is C22H42N10O5. The van der Waals surface area contributed by atoms with Gasteiger partial charge < -0.3 is 49.3 Å². The second-order valence-corrected chi connectivity index (χ2v) is 9.24. The molecule has 37 heavy (non-hydrogen) atoms. The van der Waals surface area contributed by atoms with Crippen molar-refractivity contribution in [3.8, 4) is 0 Å². The molecule has 4 atom stereocenters. The topological polar surface area (TPSA) is 265 Å². The zero-order valence-corrected chi connectivity index (χ0v) is 21.5. The van der Waals surface area contributed by atoms with Gasteiger partial charge in [-0.2, -0.15) is 0 Å². The van der Waals surface area contributed by atoms with Crippen molar-refractivity contribution in [2.24, 2.45) is 38.8 Å². The number of nitrogens with two attached hydrogens (primary N) is 4. The molecule has 1 rings (SSSR count). The van der Waals surface area contributed by atoms with E-state index >= 15 is 0 Å². The molecule has 3 amide bonds. The number of carbonyl (C=O) groups is 4. The predicted molar refractivity (Wildman–Crippen MR) is 139 cm³/mol. The van der Waals surface area contributed by atoms with Gasteiger partial charge >= 0.3 is 5.97 Å². The normalized spacial score (nSPS) is 17.2. The highest BCUT2D eigenvalue weighted by Gasteiger charge is 2.32. The Kier molecular flexibility index (Phi) is 13.7. The molecule has 15 nitrogen and oxygen atoms in total. The molecule has 0 aromatic heterocycles. The highest BCUT2D eigenvalue weighted by atomic mass is 16.4. The number of carboxylic acid groups (broad SMARTS) is 1. The van der Waals surface area contributed by atoms with E-state index in [1.165, 1.54) is 0 Å². The zero-order valence-electron chi connectivity index (χ0n) is 21.5.